The zero-order valence-electron chi connectivity index (χ0n) is 9.30. The maximum atomic E-state index is 2.20. The Labute approximate surface area is 83.0 Å². The molecular weight excluding hydrogens is 156 g/mol. The summed E-state index contributed by atoms with van der Waals surface area (Å²) in [4.78, 5) is 0. The van der Waals surface area contributed by atoms with Crippen LogP contribution in [0.5, 0.6) is 0 Å². The molecule has 1 rings (SSSR count). The molecule has 0 radical (unpaired) electrons. The van der Waals surface area contributed by atoms with Crippen LogP contribution in [0.3, 0.4) is 0 Å². The van der Waals surface area contributed by atoms with Crippen LogP contribution < -0.4 is 0 Å². The van der Waals surface area contributed by atoms with Crippen LogP contribution in [-0.4, -0.2) is 0 Å². The molecule has 0 amide bonds. The molecule has 0 saturated carbocycles. The summed E-state index contributed by atoms with van der Waals surface area (Å²) in [5.74, 6) is 1.42. The molecule has 74 valence electrons. The number of aryl methyl sites for hydroxylation is 1. The minimum atomic E-state index is 1.21. The molecule has 0 saturated heterocycles. The average molecular weight is 177 g/mol. The maximum Gasteiger partial charge on any atom is -0.0281 e. The molecule has 0 spiro atoms. The van der Waals surface area contributed by atoms with Crippen molar-refractivity contribution >= 4 is 0 Å². The molecule has 0 heterocycles. The molecule has 0 bridgehead atoms. The molecule has 0 heteroatoms. The van der Waals surface area contributed by atoms with Crippen LogP contribution >= 0.6 is 0 Å². The van der Waals surface area contributed by atoms with Gasteiger partial charge < -0.3 is 5.92 Å². The van der Waals surface area contributed by atoms with Crippen LogP contribution in [0.15, 0.2) is 30.3 Å². The first-order chi connectivity index (χ1) is 6.16. The first-order valence-electron chi connectivity index (χ1n) is 4.97. The molecule has 0 aliphatic carbocycles. The summed E-state index contributed by atoms with van der Waals surface area (Å²) in [5.41, 5.74) is 1.44. The Kier molecular flexibility index (Phi) is 7.38. The first kappa shape index (κ1) is 12.2. The van der Waals surface area contributed by atoms with Crippen molar-refractivity contribution in [3.8, 4) is 0 Å². The van der Waals surface area contributed by atoms with Gasteiger partial charge in [-0.25, -0.2) is 0 Å². The third kappa shape index (κ3) is 9.13. The summed E-state index contributed by atoms with van der Waals surface area (Å²) >= 11 is 0. The van der Waals surface area contributed by atoms with Crippen LogP contribution in [-0.2, 0) is 6.42 Å². The highest BCUT2D eigenvalue weighted by atomic mass is 13.9. The largest absolute Gasteiger partial charge is 0.323 e. The summed E-state index contributed by atoms with van der Waals surface area (Å²) in [6, 6.07) is 10.6. The molecule has 0 N–H and O–H groups in total. The molecule has 0 atom stereocenters. The van der Waals surface area contributed by atoms with Gasteiger partial charge in [-0.15, -0.1) is 0 Å². The Bertz CT molecular complexity index is 184. The molecule has 0 aliphatic heterocycles. The van der Waals surface area contributed by atoms with Gasteiger partial charge in [0.15, 0.2) is 0 Å². The van der Waals surface area contributed by atoms with Crippen molar-refractivity contribution in [2.24, 2.45) is 0 Å². The monoisotopic (exact) mass is 177 g/mol. The van der Waals surface area contributed by atoms with E-state index in [0.717, 1.165) is 0 Å². The van der Waals surface area contributed by atoms with E-state index in [1.54, 1.807) is 0 Å². The summed E-state index contributed by atoms with van der Waals surface area (Å²) in [6.45, 7) is 8.45. The number of rotatable bonds is 2. The topological polar surface area (TPSA) is 0 Å². The quantitative estimate of drug-likeness (QED) is 0.592. The van der Waals surface area contributed by atoms with E-state index in [4.69, 9.17) is 0 Å². The first-order valence-corrected chi connectivity index (χ1v) is 4.97. The lowest BCUT2D eigenvalue weighted by atomic mass is 10.1. The average Bonchev–Trinajstić information content (AvgIpc) is 2.06. The Balaban J connectivity index is 0.000000310. The van der Waals surface area contributed by atoms with Gasteiger partial charge in [-0.1, -0.05) is 43.7 Å². The van der Waals surface area contributed by atoms with Gasteiger partial charge in [-0.3, -0.25) is 0 Å². The van der Waals surface area contributed by atoms with E-state index in [-0.39, 0.29) is 0 Å². The van der Waals surface area contributed by atoms with Crippen molar-refractivity contribution < 1.29 is 0 Å². The molecule has 0 unspecified atom stereocenters. The highest BCUT2D eigenvalue weighted by Gasteiger charge is 1.84. The van der Waals surface area contributed by atoms with Gasteiger partial charge in [0.2, 0.25) is 0 Å². The van der Waals surface area contributed by atoms with Crippen molar-refractivity contribution in [1.82, 2.24) is 0 Å². The third-order valence-electron chi connectivity index (χ3n) is 1.38. The van der Waals surface area contributed by atoms with Crippen molar-refractivity contribution in [3.05, 3.63) is 41.8 Å². The van der Waals surface area contributed by atoms with E-state index in [9.17, 15) is 0 Å². The van der Waals surface area contributed by atoms with E-state index in [2.05, 4.69) is 58.0 Å². The summed E-state index contributed by atoms with van der Waals surface area (Å²) in [5, 5.41) is 0. The third-order valence-corrected chi connectivity index (χ3v) is 1.38. The van der Waals surface area contributed by atoms with Gasteiger partial charge in [0.05, 0.1) is 0 Å². The fourth-order valence-electron chi connectivity index (χ4n) is 0.933. The zero-order chi connectivity index (χ0) is 10.1. The normalized spacial score (nSPS) is 9.31. The molecule has 0 fully saturated rings. The van der Waals surface area contributed by atoms with E-state index < -0.39 is 0 Å². The minimum absolute atomic E-state index is 1.21. The van der Waals surface area contributed by atoms with Gasteiger partial charge in [-0.2, -0.15) is 20.8 Å². The van der Waals surface area contributed by atoms with Crippen molar-refractivity contribution in [3.63, 3.8) is 0 Å². The van der Waals surface area contributed by atoms with Gasteiger partial charge in [-0.05, 0) is 12.0 Å². The standard InChI is InChI=1S/C9H12.C4H9/c1-2-6-9-7-4-3-5-8-9;1-4(2)3/h3-5,7-8H,2,6H2,1H3;1-3H3/q;-1. The predicted molar refractivity (Wildman–Crippen MR) is 60.7 cm³/mol. The predicted octanol–water partition coefficient (Wildman–Crippen LogP) is 4.26. The number of hydrogen-bond donors (Lipinski definition) is 0. The second kappa shape index (κ2) is 7.85. The van der Waals surface area contributed by atoms with E-state index in [1.165, 1.54) is 24.3 Å². The van der Waals surface area contributed by atoms with Crippen LogP contribution in [0.2, 0.25) is 0 Å². The summed E-state index contributed by atoms with van der Waals surface area (Å²) < 4.78 is 0. The lowest BCUT2D eigenvalue weighted by molar-refractivity contribution is 0.922. The minimum Gasteiger partial charge on any atom is -0.323 e. The Hall–Kier alpha value is -0.780. The maximum absolute atomic E-state index is 2.20. The fraction of sp³-hybridized carbons (Fsp3) is 0.462. The molecular formula is C13H21-. The molecule has 13 heavy (non-hydrogen) atoms. The van der Waals surface area contributed by atoms with Gasteiger partial charge in [0.25, 0.3) is 0 Å². The molecule has 0 aliphatic rings. The van der Waals surface area contributed by atoms with Crippen molar-refractivity contribution in [2.45, 2.75) is 40.5 Å². The Morgan fingerprint density at radius 1 is 1.00 bits per heavy atom. The molecule has 1 aromatic carbocycles. The zero-order valence-corrected chi connectivity index (χ0v) is 9.30. The van der Waals surface area contributed by atoms with Crippen LogP contribution in [0.1, 0.15) is 39.7 Å². The molecule has 0 aromatic heterocycles. The Morgan fingerprint density at radius 3 is 1.85 bits per heavy atom. The highest BCUT2D eigenvalue weighted by Crippen LogP contribution is 2.00. The SMILES string of the molecule is CCCc1ccccc1.C[C-](C)C. The van der Waals surface area contributed by atoms with Gasteiger partial charge >= 0.3 is 0 Å². The number of benzene rings is 1. The fourth-order valence-corrected chi connectivity index (χ4v) is 0.933. The summed E-state index contributed by atoms with van der Waals surface area (Å²) in [6.07, 6.45) is 2.45. The van der Waals surface area contributed by atoms with E-state index >= 15 is 0 Å². The lowest BCUT2D eigenvalue weighted by Crippen LogP contribution is -1.78. The van der Waals surface area contributed by atoms with Crippen LogP contribution in [0, 0.1) is 5.92 Å². The second-order valence-electron chi connectivity index (χ2n) is 3.74. The van der Waals surface area contributed by atoms with E-state index in [0.29, 0.717) is 0 Å². The lowest BCUT2D eigenvalue weighted by Gasteiger charge is -1.99. The van der Waals surface area contributed by atoms with Crippen molar-refractivity contribution in [2.75, 3.05) is 0 Å². The molecule has 1 aromatic rings. The summed E-state index contributed by atoms with van der Waals surface area (Å²) in [7, 11) is 0. The van der Waals surface area contributed by atoms with Crippen LogP contribution in [0.4, 0.5) is 0 Å². The van der Waals surface area contributed by atoms with E-state index in [1.807, 2.05) is 0 Å². The number of hydrogen-bond acceptors (Lipinski definition) is 0. The second-order valence-corrected chi connectivity index (χ2v) is 3.74. The van der Waals surface area contributed by atoms with Gasteiger partial charge in [0, 0.05) is 0 Å². The van der Waals surface area contributed by atoms with Gasteiger partial charge in [0.1, 0.15) is 0 Å². The smallest absolute Gasteiger partial charge is 0.0281 e. The van der Waals surface area contributed by atoms with Crippen LogP contribution in [0.25, 0.3) is 0 Å². The Morgan fingerprint density at radius 2 is 1.46 bits per heavy atom. The van der Waals surface area contributed by atoms with Crippen molar-refractivity contribution in [1.29, 1.82) is 0 Å². The highest BCUT2D eigenvalue weighted by molar-refractivity contribution is 5.14. The molecule has 0 nitrogen and oxygen atoms in total.